The first kappa shape index (κ1) is 15.4. The molecule has 0 radical (unpaired) electrons. The van der Waals surface area contributed by atoms with E-state index in [9.17, 15) is 13.2 Å². The molecule has 4 unspecified atom stereocenters. The zero-order valence-corrected chi connectivity index (χ0v) is 14.0. The summed E-state index contributed by atoms with van der Waals surface area (Å²) in [4.78, 5) is 12.2. The number of fused-ring (bicyclic) bond motifs is 4. The number of rotatable bonds is 2. The fourth-order valence-corrected chi connectivity index (χ4v) is 6.20. The minimum Gasteiger partial charge on any atom is -0.291 e. The Morgan fingerprint density at radius 3 is 2.65 bits per heavy atom. The van der Waals surface area contributed by atoms with Gasteiger partial charge in [0.1, 0.15) is 0 Å². The Balaban J connectivity index is 1.73. The van der Waals surface area contributed by atoms with Gasteiger partial charge in [-0.05, 0) is 43.5 Å². The molecule has 2 N–H and O–H groups in total. The van der Waals surface area contributed by atoms with Crippen molar-refractivity contribution in [1.82, 2.24) is 15.2 Å². The molecule has 2 bridgehead atoms. The lowest BCUT2D eigenvalue weighted by atomic mass is 9.77. The van der Waals surface area contributed by atoms with E-state index in [1.165, 1.54) is 0 Å². The molecule has 0 spiro atoms. The van der Waals surface area contributed by atoms with Gasteiger partial charge in [-0.1, -0.05) is 18.0 Å². The number of hydrogen-bond acceptors (Lipinski definition) is 4. The van der Waals surface area contributed by atoms with Gasteiger partial charge in [0.15, 0.2) is 0 Å². The van der Waals surface area contributed by atoms with Crippen molar-refractivity contribution in [2.45, 2.75) is 48.7 Å². The van der Waals surface area contributed by atoms with Crippen molar-refractivity contribution in [2.75, 3.05) is 0 Å². The van der Waals surface area contributed by atoms with Crippen LogP contribution in [0.5, 0.6) is 0 Å². The van der Waals surface area contributed by atoms with Gasteiger partial charge in [-0.3, -0.25) is 10.2 Å². The van der Waals surface area contributed by atoms with Gasteiger partial charge < -0.3 is 0 Å². The van der Waals surface area contributed by atoms with E-state index in [4.69, 9.17) is 11.6 Å². The highest BCUT2D eigenvalue weighted by Crippen LogP contribution is 2.41. The Morgan fingerprint density at radius 2 is 1.91 bits per heavy atom. The molecule has 4 atom stereocenters. The van der Waals surface area contributed by atoms with Gasteiger partial charge in [0.05, 0.1) is 16.9 Å². The lowest BCUT2D eigenvalue weighted by molar-refractivity contribution is -0.124. The number of nitrogens with zero attached hydrogens (tertiary/aromatic N) is 1. The van der Waals surface area contributed by atoms with E-state index in [-0.39, 0.29) is 34.8 Å². The van der Waals surface area contributed by atoms with Crippen molar-refractivity contribution >= 4 is 27.5 Å². The molecule has 3 aliphatic heterocycles. The summed E-state index contributed by atoms with van der Waals surface area (Å²) in [5.41, 5.74) is 5.67. The van der Waals surface area contributed by atoms with Crippen LogP contribution in [-0.2, 0) is 14.8 Å². The lowest BCUT2D eigenvalue weighted by Gasteiger charge is -2.49. The number of carbonyl (C=O) groups is 1. The summed E-state index contributed by atoms with van der Waals surface area (Å²) in [5, 5.41) is 0.509. The van der Waals surface area contributed by atoms with Crippen molar-refractivity contribution in [1.29, 1.82) is 0 Å². The second kappa shape index (κ2) is 5.44. The van der Waals surface area contributed by atoms with Crippen molar-refractivity contribution < 1.29 is 13.2 Å². The topological polar surface area (TPSA) is 78.5 Å². The summed E-state index contributed by atoms with van der Waals surface area (Å²) in [6.45, 7) is 0. The number of hydrazine groups is 1. The van der Waals surface area contributed by atoms with Gasteiger partial charge in [-0.15, -0.1) is 0 Å². The predicted octanol–water partition coefficient (Wildman–Crippen LogP) is 1.27. The number of hydrogen-bond donors (Lipinski definition) is 2. The number of benzene rings is 1. The molecule has 8 heteroatoms. The van der Waals surface area contributed by atoms with E-state index in [1.807, 2.05) is 0 Å². The van der Waals surface area contributed by atoms with Gasteiger partial charge in [0.2, 0.25) is 15.9 Å². The van der Waals surface area contributed by atoms with E-state index in [1.54, 1.807) is 28.6 Å². The Bertz CT molecular complexity index is 737. The molecule has 4 rings (SSSR count). The fourth-order valence-electron chi connectivity index (χ4n) is 4.17. The average molecular weight is 356 g/mol. The number of carbonyl (C=O) groups excluding carboxylic acids is 1. The maximum atomic E-state index is 13.1. The largest absolute Gasteiger partial charge is 0.291 e. The second-order valence-electron chi connectivity index (χ2n) is 6.44. The number of amides is 1. The summed E-state index contributed by atoms with van der Waals surface area (Å²) >= 11 is 5.87. The quantitative estimate of drug-likeness (QED) is 0.837. The Kier molecular flexibility index (Phi) is 3.64. The minimum absolute atomic E-state index is 0.0181. The summed E-state index contributed by atoms with van der Waals surface area (Å²) in [7, 11) is -3.60. The van der Waals surface area contributed by atoms with Crippen LogP contribution in [0.25, 0.3) is 0 Å². The molecule has 3 saturated heterocycles. The second-order valence-corrected chi connectivity index (χ2v) is 8.72. The molecule has 1 aromatic rings. The van der Waals surface area contributed by atoms with Crippen LogP contribution in [0, 0.1) is 5.92 Å². The molecule has 3 heterocycles. The van der Waals surface area contributed by atoms with Crippen LogP contribution in [0.15, 0.2) is 29.2 Å². The summed E-state index contributed by atoms with van der Waals surface area (Å²) < 4.78 is 27.9. The average Bonchev–Trinajstić information content (AvgIpc) is 2.88. The van der Waals surface area contributed by atoms with Crippen LogP contribution in [0.2, 0.25) is 5.02 Å². The number of halogens is 1. The van der Waals surface area contributed by atoms with Crippen LogP contribution in [0.3, 0.4) is 0 Å². The van der Waals surface area contributed by atoms with Gasteiger partial charge >= 0.3 is 0 Å². The highest BCUT2D eigenvalue weighted by molar-refractivity contribution is 7.89. The van der Waals surface area contributed by atoms with Crippen LogP contribution >= 0.6 is 11.6 Å². The smallest absolute Gasteiger partial charge is 0.243 e. The number of piperidine rings is 2. The molecule has 0 saturated carbocycles. The third-order valence-corrected chi connectivity index (χ3v) is 7.43. The third kappa shape index (κ3) is 2.38. The molecule has 0 aromatic heterocycles. The minimum atomic E-state index is -3.60. The zero-order valence-electron chi connectivity index (χ0n) is 12.4. The Labute approximate surface area is 140 Å². The molecule has 3 fully saturated rings. The van der Waals surface area contributed by atoms with E-state index in [0.29, 0.717) is 11.4 Å². The monoisotopic (exact) mass is 355 g/mol. The summed E-state index contributed by atoms with van der Waals surface area (Å²) in [5.74, 6) is -0.155. The van der Waals surface area contributed by atoms with Gasteiger partial charge in [-0.2, -0.15) is 4.31 Å². The fraction of sp³-hybridized carbons (Fsp3) is 0.533. The van der Waals surface area contributed by atoms with Crippen LogP contribution in [0.4, 0.5) is 0 Å². The van der Waals surface area contributed by atoms with Crippen LogP contribution in [0.1, 0.15) is 25.7 Å². The van der Waals surface area contributed by atoms with Gasteiger partial charge in [0, 0.05) is 17.1 Å². The standard InChI is InChI=1S/C15H18ClN3O3S/c16-9-4-6-11(7-5-9)23(21,22)19-10-2-1-3-13(19)14-12(8-10)15(20)18-17-14/h4-7,10,12-14,17H,1-3,8H2,(H,18,20). The highest BCUT2D eigenvalue weighted by atomic mass is 35.5. The first-order valence-electron chi connectivity index (χ1n) is 7.83. The molecule has 0 aliphatic carbocycles. The van der Waals surface area contributed by atoms with Crippen LogP contribution in [-0.4, -0.2) is 36.8 Å². The molecular weight excluding hydrogens is 338 g/mol. The van der Waals surface area contributed by atoms with Crippen LogP contribution < -0.4 is 10.9 Å². The maximum Gasteiger partial charge on any atom is 0.243 e. The normalized spacial score (nSPS) is 34.0. The van der Waals surface area contributed by atoms with Crippen molar-refractivity contribution in [3.05, 3.63) is 29.3 Å². The van der Waals surface area contributed by atoms with E-state index in [0.717, 1.165) is 19.3 Å². The lowest BCUT2D eigenvalue weighted by Crippen LogP contribution is -2.63. The van der Waals surface area contributed by atoms with Crippen molar-refractivity contribution in [3.8, 4) is 0 Å². The summed E-state index contributed by atoms with van der Waals surface area (Å²) in [6.07, 6.45) is 3.14. The molecule has 3 aliphatic rings. The molecule has 1 aromatic carbocycles. The zero-order chi connectivity index (χ0) is 16.2. The molecule has 124 valence electrons. The van der Waals surface area contributed by atoms with E-state index >= 15 is 0 Å². The van der Waals surface area contributed by atoms with Gasteiger partial charge in [0.25, 0.3) is 0 Å². The number of sulfonamides is 1. The maximum absolute atomic E-state index is 13.1. The van der Waals surface area contributed by atoms with E-state index < -0.39 is 10.0 Å². The first-order chi connectivity index (χ1) is 11.0. The van der Waals surface area contributed by atoms with Crippen molar-refractivity contribution in [3.63, 3.8) is 0 Å². The van der Waals surface area contributed by atoms with E-state index in [2.05, 4.69) is 10.9 Å². The Morgan fingerprint density at radius 1 is 1.17 bits per heavy atom. The molecule has 23 heavy (non-hydrogen) atoms. The molecular formula is C15H18ClN3O3S. The first-order valence-corrected chi connectivity index (χ1v) is 9.65. The van der Waals surface area contributed by atoms with Crippen molar-refractivity contribution in [2.24, 2.45) is 5.92 Å². The SMILES string of the molecule is O=C1NNC2C1CC1CCCC2N1S(=O)(=O)c1ccc(Cl)cc1. The molecule has 1 amide bonds. The third-order valence-electron chi connectivity index (χ3n) is 5.19. The summed E-state index contributed by atoms with van der Waals surface area (Å²) in [6, 6.07) is 5.83. The predicted molar refractivity (Wildman–Crippen MR) is 85.1 cm³/mol. The number of nitrogens with one attached hydrogen (secondary N) is 2. The Hall–Kier alpha value is -1.15. The molecule has 6 nitrogen and oxygen atoms in total. The van der Waals surface area contributed by atoms with Gasteiger partial charge in [-0.25, -0.2) is 13.8 Å². The highest BCUT2D eigenvalue weighted by Gasteiger charge is 2.54.